The quantitative estimate of drug-likeness (QED) is 0.530. The minimum absolute atomic E-state index is 0.00244. The van der Waals surface area contributed by atoms with Crippen molar-refractivity contribution in [3.8, 4) is 0 Å². The van der Waals surface area contributed by atoms with E-state index < -0.39 is 0 Å². The molecule has 3 aromatic rings. The van der Waals surface area contributed by atoms with Gasteiger partial charge in [0.15, 0.2) is 0 Å². The maximum absolute atomic E-state index is 12.6. The summed E-state index contributed by atoms with van der Waals surface area (Å²) in [7, 11) is 0. The van der Waals surface area contributed by atoms with Crippen molar-refractivity contribution in [2.75, 3.05) is 5.32 Å². The Morgan fingerprint density at radius 3 is 1.92 bits per heavy atom. The number of benzene rings is 3. The standard InChI is InChI=1S/C22H21N3O/c1-2-21(17-9-5-3-6-10-17)22(26)23-18-13-15-20(16-14-18)25-24-19-11-7-4-8-12-19/h3-16,21H,2H2,1H3,(H,23,26)/t21-/m1/s1. The monoisotopic (exact) mass is 343 g/mol. The van der Waals surface area contributed by atoms with Crippen LogP contribution in [0, 0.1) is 0 Å². The first kappa shape index (κ1) is 17.5. The summed E-state index contributed by atoms with van der Waals surface area (Å²) in [5.74, 6) is -0.161. The number of hydrogen-bond acceptors (Lipinski definition) is 3. The number of rotatable bonds is 6. The summed E-state index contributed by atoms with van der Waals surface area (Å²) >= 11 is 0. The zero-order valence-electron chi connectivity index (χ0n) is 14.7. The molecule has 1 amide bonds. The second kappa shape index (κ2) is 8.72. The van der Waals surface area contributed by atoms with Gasteiger partial charge in [-0.1, -0.05) is 55.5 Å². The van der Waals surface area contributed by atoms with Crippen LogP contribution in [0.5, 0.6) is 0 Å². The molecule has 0 aliphatic heterocycles. The Labute approximate surface area is 153 Å². The molecule has 0 fully saturated rings. The summed E-state index contributed by atoms with van der Waals surface area (Å²) in [6, 6.07) is 26.8. The van der Waals surface area contributed by atoms with Crippen LogP contribution >= 0.6 is 0 Å². The van der Waals surface area contributed by atoms with Crippen LogP contribution in [0.3, 0.4) is 0 Å². The second-order valence-electron chi connectivity index (χ2n) is 5.94. The van der Waals surface area contributed by atoms with Crippen molar-refractivity contribution in [2.45, 2.75) is 19.3 Å². The van der Waals surface area contributed by atoms with Crippen LogP contribution < -0.4 is 5.32 Å². The molecular weight excluding hydrogens is 322 g/mol. The lowest BCUT2D eigenvalue weighted by atomic mass is 9.95. The van der Waals surface area contributed by atoms with Gasteiger partial charge in [0.05, 0.1) is 17.3 Å². The third kappa shape index (κ3) is 4.63. The second-order valence-corrected chi connectivity index (χ2v) is 5.94. The van der Waals surface area contributed by atoms with E-state index in [-0.39, 0.29) is 11.8 Å². The lowest BCUT2D eigenvalue weighted by Gasteiger charge is -2.15. The van der Waals surface area contributed by atoms with Gasteiger partial charge in [0.25, 0.3) is 0 Å². The van der Waals surface area contributed by atoms with Crippen LogP contribution in [0.2, 0.25) is 0 Å². The van der Waals surface area contributed by atoms with E-state index in [0.717, 1.165) is 29.0 Å². The SMILES string of the molecule is CC[C@@H](C(=O)Nc1ccc(N=Nc2ccccc2)cc1)c1ccccc1. The van der Waals surface area contributed by atoms with Crippen molar-refractivity contribution >= 4 is 23.0 Å². The number of hydrogen-bond donors (Lipinski definition) is 1. The van der Waals surface area contributed by atoms with Gasteiger partial charge in [-0.15, -0.1) is 0 Å². The molecule has 1 atom stereocenters. The number of anilines is 1. The van der Waals surface area contributed by atoms with Crippen LogP contribution in [-0.2, 0) is 4.79 Å². The molecule has 0 saturated carbocycles. The highest BCUT2D eigenvalue weighted by Gasteiger charge is 2.18. The van der Waals surface area contributed by atoms with E-state index in [2.05, 4.69) is 15.5 Å². The average Bonchev–Trinajstić information content (AvgIpc) is 2.70. The van der Waals surface area contributed by atoms with E-state index in [1.165, 1.54) is 0 Å². The number of nitrogens with one attached hydrogen (secondary N) is 1. The van der Waals surface area contributed by atoms with Crippen molar-refractivity contribution in [3.05, 3.63) is 90.5 Å². The van der Waals surface area contributed by atoms with Gasteiger partial charge in [-0.3, -0.25) is 4.79 Å². The first-order valence-electron chi connectivity index (χ1n) is 8.69. The molecule has 0 aliphatic carbocycles. The molecule has 4 nitrogen and oxygen atoms in total. The number of nitrogens with zero attached hydrogens (tertiary/aromatic N) is 2. The summed E-state index contributed by atoms with van der Waals surface area (Å²) in [5.41, 5.74) is 3.32. The third-order valence-electron chi connectivity index (χ3n) is 4.10. The molecule has 4 heteroatoms. The fourth-order valence-electron chi connectivity index (χ4n) is 2.71. The Bertz CT molecular complexity index is 859. The van der Waals surface area contributed by atoms with Gasteiger partial charge in [0, 0.05) is 5.69 Å². The van der Waals surface area contributed by atoms with Crippen molar-refractivity contribution in [1.82, 2.24) is 0 Å². The van der Waals surface area contributed by atoms with Crippen molar-refractivity contribution in [3.63, 3.8) is 0 Å². The van der Waals surface area contributed by atoms with E-state index in [9.17, 15) is 4.79 Å². The van der Waals surface area contributed by atoms with Crippen LogP contribution in [0.25, 0.3) is 0 Å². The normalized spacial score (nSPS) is 12.0. The minimum Gasteiger partial charge on any atom is -0.326 e. The average molecular weight is 343 g/mol. The predicted molar refractivity (Wildman–Crippen MR) is 105 cm³/mol. The van der Waals surface area contributed by atoms with Crippen LogP contribution in [0.1, 0.15) is 24.8 Å². The Balaban J connectivity index is 1.65. The smallest absolute Gasteiger partial charge is 0.231 e. The van der Waals surface area contributed by atoms with Gasteiger partial charge < -0.3 is 5.32 Å². The van der Waals surface area contributed by atoms with Crippen LogP contribution in [0.15, 0.2) is 95.2 Å². The molecule has 3 rings (SSSR count). The first-order chi connectivity index (χ1) is 12.8. The summed E-state index contributed by atoms with van der Waals surface area (Å²) in [4.78, 5) is 12.6. The minimum atomic E-state index is -0.159. The summed E-state index contributed by atoms with van der Waals surface area (Å²) < 4.78 is 0. The van der Waals surface area contributed by atoms with E-state index in [0.29, 0.717) is 0 Å². The highest BCUT2D eigenvalue weighted by atomic mass is 16.1. The van der Waals surface area contributed by atoms with Gasteiger partial charge in [-0.2, -0.15) is 10.2 Å². The van der Waals surface area contributed by atoms with Gasteiger partial charge in [-0.25, -0.2) is 0 Å². The van der Waals surface area contributed by atoms with Crippen LogP contribution in [0.4, 0.5) is 17.1 Å². The number of carbonyl (C=O) groups is 1. The molecule has 0 unspecified atom stereocenters. The van der Waals surface area contributed by atoms with E-state index in [1.54, 1.807) is 0 Å². The third-order valence-corrected chi connectivity index (χ3v) is 4.10. The lowest BCUT2D eigenvalue weighted by Crippen LogP contribution is -2.20. The highest BCUT2D eigenvalue weighted by Crippen LogP contribution is 2.23. The Morgan fingerprint density at radius 1 is 0.808 bits per heavy atom. The van der Waals surface area contributed by atoms with Gasteiger partial charge >= 0.3 is 0 Å². The molecule has 0 spiro atoms. The molecule has 26 heavy (non-hydrogen) atoms. The van der Waals surface area contributed by atoms with Crippen molar-refractivity contribution < 1.29 is 4.79 Å². The van der Waals surface area contributed by atoms with Crippen molar-refractivity contribution in [2.24, 2.45) is 10.2 Å². The molecule has 0 radical (unpaired) electrons. The Hall–Kier alpha value is -3.27. The molecule has 0 saturated heterocycles. The molecule has 130 valence electrons. The fraction of sp³-hybridized carbons (Fsp3) is 0.136. The van der Waals surface area contributed by atoms with Gasteiger partial charge in [-0.05, 0) is 48.4 Å². The van der Waals surface area contributed by atoms with Gasteiger partial charge in [0.1, 0.15) is 0 Å². The van der Waals surface area contributed by atoms with Crippen LogP contribution in [-0.4, -0.2) is 5.91 Å². The predicted octanol–water partition coefficient (Wildman–Crippen LogP) is 6.23. The molecule has 0 bridgehead atoms. The van der Waals surface area contributed by atoms with Crippen molar-refractivity contribution in [1.29, 1.82) is 0 Å². The molecule has 3 aromatic carbocycles. The molecule has 1 N–H and O–H groups in total. The molecule has 0 aliphatic rings. The summed E-state index contributed by atoms with van der Waals surface area (Å²) in [6.45, 7) is 2.02. The lowest BCUT2D eigenvalue weighted by molar-refractivity contribution is -0.117. The number of amides is 1. The molecule has 0 aromatic heterocycles. The van der Waals surface area contributed by atoms with E-state index >= 15 is 0 Å². The molecule has 0 heterocycles. The maximum atomic E-state index is 12.6. The highest BCUT2D eigenvalue weighted by molar-refractivity contribution is 5.95. The maximum Gasteiger partial charge on any atom is 0.231 e. The van der Waals surface area contributed by atoms with E-state index in [4.69, 9.17) is 0 Å². The molecular formula is C22H21N3O. The Kier molecular flexibility index (Phi) is 5.88. The summed E-state index contributed by atoms with van der Waals surface area (Å²) in [6.07, 6.45) is 0.749. The largest absolute Gasteiger partial charge is 0.326 e. The van der Waals surface area contributed by atoms with Gasteiger partial charge in [0.2, 0.25) is 5.91 Å². The van der Waals surface area contributed by atoms with E-state index in [1.807, 2.05) is 91.9 Å². The first-order valence-corrected chi connectivity index (χ1v) is 8.69. The zero-order valence-corrected chi connectivity index (χ0v) is 14.7. The topological polar surface area (TPSA) is 53.8 Å². The number of azo groups is 1. The summed E-state index contributed by atoms with van der Waals surface area (Å²) in [5, 5.41) is 11.4. The number of carbonyl (C=O) groups excluding carboxylic acids is 1. The fourth-order valence-corrected chi connectivity index (χ4v) is 2.71. The zero-order chi connectivity index (χ0) is 18.2. The Morgan fingerprint density at radius 2 is 1.35 bits per heavy atom.